The van der Waals surface area contributed by atoms with Gasteiger partial charge in [0.2, 0.25) is 5.91 Å². The first kappa shape index (κ1) is 12.5. The molecular weight excluding hydrogens is 226 g/mol. The molecule has 4 heteroatoms. The van der Waals surface area contributed by atoms with Crippen LogP contribution in [0.4, 0.5) is 0 Å². The fourth-order valence-electron chi connectivity index (χ4n) is 1.01. The van der Waals surface area contributed by atoms with Crippen molar-refractivity contribution in [2.45, 2.75) is 18.2 Å². The molecule has 15 heavy (non-hydrogen) atoms. The highest BCUT2D eigenvalue weighted by atomic mass is 33.1. The Hall–Kier alpha value is -0.610. The molecule has 2 nitrogen and oxygen atoms in total. The molecule has 0 saturated heterocycles. The molecule has 0 fully saturated rings. The van der Waals surface area contributed by atoms with E-state index in [1.165, 1.54) is 4.90 Å². The Labute approximate surface area is 98.6 Å². The molecule has 1 amide bonds. The second-order valence-electron chi connectivity index (χ2n) is 2.92. The lowest BCUT2D eigenvalue weighted by Crippen LogP contribution is -2.22. The second kappa shape index (κ2) is 7.65. The maximum Gasteiger partial charge on any atom is 0.220 e. The normalized spacial score (nSPS) is 9.93. The Morgan fingerprint density at radius 3 is 2.73 bits per heavy atom. The van der Waals surface area contributed by atoms with Crippen molar-refractivity contribution in [1.29, 1.82) is 0 Å². The number of amides is 1. The molecule has 0 unspecified atom stereocenters. The summed E-state index contributed by atoms with van der Waals surface area (Å²) in [5.74, 6) is 0.990. The minimum Gasteiger partial charge on any atom is -0.356 e. The molecular formula is C11H15NOS2. The van der Waals surface area contributed by atoms with E-state index < -0.39 is 0 Å². The summed E-state index contributed by atoms with van der Waals surface area (Å²) < 4.78 is 0. The third-order valence-electron chi connectivity index (χ3n) is 1.68. The quantitative estimate of drug-likeness (QED) is 0.613. The molecule has 0 bridgehead atoms. The Balaban J connectivity index is 2.10. The Bertz CT molecular complexity index is 290. The van der Waals surface area contributed by atoms with Gasteiger partial charge in [0.15, 0.2) is 0 Å². The van der Waals surface area contributed by atoms with E-state index in [1.54, 1.807) is 21.6 Å². The van der Waals surface area contributed by atoms with Gasteiger partial charge < -0.3 is 5.32 Å². The van der Waals surface area contributed by atoms with Gasteiger partial charge in [-0.2, -0.15) is 0 Å². The average molecular weight is 241 g/mol. The lowest BCUT2D eigenvalue weighted by Gasteiger charge is -2.01. The van der Waals surface area contributed by atoms with Crippen LogP contribution in [0.3, 0.4) is 0 Å². The van der Waals surface area contributed by atoms with Crippen molar-refractivity contribution >= 4 is 27.5 Å². The third-order valence-corrected chi connectivity index (χ3v) is 4.07. The van der Waals surface area contributed by atoms with E-state index in [9.17, 15) is 4.79 Å². The predicted octanol–water partition coefficient (Wildman–Crippen LogP) is 2.95. The number of carbonyl (C=O) groups is 1. The molecule has 0 saturated carbocycles. The van der Waals surface area contributed by atoms with Crippen LogP contribution in [0.2, 0.25) is 0 Å². The van der Waals surface area contributed by atoms with Gasteiger partial charge in [-0.3, -0.25) is 4.79 Å². The summed E-state index contributed by atoms with van der Waals surface area (Å²) >= 11 is 0. The van der Waals surface area contributed by atoms with Gasteiger partial charge in [-0.25, -0.2) is 0 Å². The third kappa shape index (κ3) is 5.74. The van der Waals surface area contributed by atoms with Crippen molar-refractivity contribution in [3.8, 4) is 0 Å². The summed E-state index contributed by atoms with van der Waals surface area (Å²) in [4.78, 5) is 12.4. The average Bonchev–Trinajstić information content (AvgIpc) is 2.26. The predicted molar refractivity (Wildman–Crippen MR) is 68.1 cm³/mol. The van der Waals surface area contributed by atoms with Gasteiger partial charge >= 0.3 is 0 Å². The van der Waals surface area contributed by atoms with E-state index in [0.29, 0.717) is 6.42 Å². The van der Waals surface area contributed by atoms with Gasteiger partial charge in [-0.05, 0) is 19.1 Å². The molecule has 1 aromatic rings. The van der Waals surface area contributed by atoms with Gasteiger partial charge in [-0.1, -0.05) is 39.8 Å². The van der Waals surface area contributed by atoms with Crippen LogP contribution in [0.15, 0.2) is 35.2 Å². The zero-order chi connectivity index (χ0) is 10.9. The smallest absolute Gasteiger partial charge is 0.220 e. The first-order valence-electron chi connectivity index (χ1n) is 4.94. The standard InChI is InChI=1S/C11H15NOS2/c1-2-12-11(13)8-9-14-15-10-6-4-3-5-7-10/h3-7H,2,8-9H2,1H3,(H,12,13). The zero-order valence-corrected chi connectivity index (χ0v) is 10.4. The second-order valence-corrected chi connectivity index (χ2v) is 5.41. The monoisotopic (exact) mass is 241 g/mol. The maximum absolute atomic E-state index is 11.1. The fourth-order valence-corrected chi connectivity index (χ4v) is 3.00. The van der Waals surface area contributed by atoms with E-state index in [1.807, 2.05) is 25.1 Å². The van der Waals surface area contributed by atoms with Gasteiger partial charge in [0, 0.05) is 23.6 Å². The van der Waals surface area contributed by atoms with Crippen molar-refractivity contribution < 1.29 is 4.79 Å². The minimum atomic E-state index is 0.138. The largest absolute Gasteiger partial charge is 0.356 e. The molecule has 0 spiro atoms. The van der Waals surface area contributed by atoms with Crippen LogP contribution in [-0.4, -0.2) is 18.2 Å². The van der Waals surface area contributed by atoms with Gasteiger partial charge in [-0.15, -0.1) is 0 Å². The van der Waals surface area contributed by atoms with E-state index in [0.717, 1.165) is 12.3 Å². The van der Waals surface area contributed by atoms with E-state index >= 15 is 0 Å². The minimum absolute atomic E-state index is 0.138. The Morgan fingerprint density at radius 2 is 2.07 bits per heavy atom. The van der Waals surface area contributed by atoms with Crippen molar-refractivity contribution in [3.63, 3.8) is 0 Å². The van der Waals surface area contributed by atoms with Crippen LogP contribution in [0.1, 0.15) is 13.3 Å². The summed E-state index contributed by atoms with van der Waals surface area (Å²) in [6.07, 6.45) is 0.596. The molecule has 0 aliphatic heterocycles. The van der Waals surface area contributed by atoms with Crippen LogP contribution >= 0.6 is 21.6 Å². The van der Waals surface area contributed by atoms with Crippen LogP contribution in [0.5, 0.6) is 0 Å². The van der Waals surface area contributed by atoms with Gasteiger partial charge in [0.05, 0.1) is 0 Å². The molecule has 1 N–H and O–H groups in total. The number of hydrogen-bond donors (Lipinski definition) is 1. The first-order valence-corrected chi connectivity index (χ1v) is 7.26. The van der Waals surface area contributed by atoms with E-state index in [4.69, 9.17) is 0 Å². The molecule has 0 heterocycles. The van der Waals surface area contributed by atoms with Gasteiger partial charge in [0.1, 0.15) is 0 Å². The van der Waals surface area contributed by atoms with Crippen LogP contribution in [0, 0.1) is 0 Å². The summed E-state index contributed by atoms with van der Waals surface area (Å²) in [7, 11) is 3.43. The van der Waals surface area contributed by atoms with Crippen LogP contribution in [0.25, 0.3) is 0 Å². The van der Waals surface area contributed by atoms with Crippen molar-refractivity contribution in [1.82, 2.24) is 5.32 Å². The molecule has 0 aliphatic rings. The van der Waals surface area contributed by atoms with Crippen molar-refractivity contribution in [2.24, 2.45) is 0 Å². The SMILES string of the molecule is CCNC(=O)CCSSc1ccccc1. The number of rotatable bonds is 6. The Morgan fingerprint density at radius 1 is 1.33 bits per heavy atom. The summed E-state index contributed by atoms with van der Waals surface area (Å²) in [6, 6.07) is 10.2. The fraction of sp³-hybridized carbons (Fsp3) is 0.364. The molecule has 1 aromatic carbocycles. The molecule has 0 aromatic heterocycles. The molecule has 0 atom stereocenters. The number of nitrogens with one attached hydrogen (secondary N) is 1. The molecule has 0 radical (unpaired) electrons. The highest BCUT2D eigenvalue weighted by Gasteiger charge is 1.99. The number of carbonyl (C=O) groups excluding carboxylic acids is 1. The first-order chi connectivity index (χ1) is 7.33. The summed E-state index contributed by atoms with van der Waals surface area (Å²) in [5, 5.41) is 2.78. The van der Waals surface area contributed by atoms with Gasteiger partial charge in [0.25, 0.3) is 0 Å². The molecule has 1 rings (SSSR count). The maximum atomic E-state index is 11.1. The van der Waals surface area contributed by atoms with Crippen molar-refractivity contribution in [3.05, 3.63) is 30.3 Å². The summed E-state index contributed by atoms with van der Waals surface area (Å²) in [5.41, 5.74) is 0. The highest BCUT2D eigenvalue weighted by molar-refractivity contribution is 8.76. The van der Waals surface area contributed by atoms with Crippen LogP contribution < -0.4 is 5.32 Å². The molecule has 0 aliphatic carbocycles. The number of benzene rings is 1. The topological polar surface area (TPSA) is 29.1 Å². The van der Waals surface area contributed by atoms with Crippen molar-refractivity contribution in [2.75, 3.05) is 12.3 Å². The highest BCUT2D eigenvalue weighted by Crippen LogP contribution is 2.30. The lowest BCUT2D eigenvalue weighted by molar-refractivity contribution is -0.120. The molecule has 82 valence electrons. The summed E-state index contributed by atoms with van der Waals surface area (Å²) in [6.45, 7) is 2.65. The van der Waals surface area contributed by atoms with E-state index in [2.05, 4.69) is 17.4 Å². The number of hydrogen-bond acceptors (Lipinski definition) is 3. The Kier molecular flexibility index (Phi) is 6.36. The van der Waals surface area contributed by atoms with E-state index in [-0.39, 0.29) is 5.91 Å². The zero-order valence-electron chi connectivity index (χ0n) is 8.73. The van der Waals surface area contributed by atoms with Crippen LogP contribution in [-0.2, 0) is 4.79 Å². The lowest BCUT2D eigenvalue weighted by atomic mass is 10.4.